The van der Waals surface area contributed by atoms with Crippen LogP contribution < -0.4 is 5.09 Å². The Morgan fingerprint density at radius 1 is 1.45 bits per heavy atom. The third kappa shape index (κ3) is 2.72. The van der Waals surface area contributed by atoms with Crippen LogP contribution in [0.15, 0.2) is 0 Å². The second-order valence-corrected chi connectivity index (χ2v) is 5.98. The first kappa shape index (κ1) is 9.48. The van der Waals surface area contributed by atoms with Gasteiger partial charge in [-0.3, -0.25) is 5.09 Å². The van der Waals surface area contributed by atoms with Gasteiger partial charge < -0.3 is 0 Å². The van der Waals surface area contributed by atoms with E-state index in [1.807, 2.05) is 0 Å². The molecule has 1 rings (SSSR count). The average Bonchev–Trinajstić information content (AvgIpc) is 2.37. The summed E-state index contributed by atoms with van der Waals surface area (Å²) in [6.07, 6.45) is 5.86. The Hall–Kier alpha value is 0.390. The first-order chi connectivity index (χ1) is 5.24. The normalized spacial score (nSPS) is 34.1. The molecule has 0 radical (unpaired) electrons. The molecule has 1 saturated carbocycles. The maximum atomic E-state index is 3.38. The van der Waals surface area contributed by atoms with Crippen molar-refractivity contribution in [2.24, 2.45) is 11.8 Å². The molecule has 1 aliphatic carbocycles. The Labute approximate surface area is 71.8 Å². The molecule has 0 aromatic heterocycles. The van der Waals surface area contributed by atoms with Gasteiger partial charge in [0.1, 0.15) is 0 Å². The molecule has 0 spiro atoms. The molecule has 3 atom stereocenters. The lowest BCUT2D eigenvalue weighted by molar-refractivity contribution is 0.462. The Morgan fingerprint density at radius 3 is 2.64 bits per heavy atom. The van der Waals surface area contributed by atoms with E-state index in [-0.39, 0.29) is 8.07 Å². The van der Waals surface area contributed by atoms with E-state index >= 15 is 0 Å². The third-order valence-corrected chi connectivity index (χ3v) is 4.71. The number of rotatable bonds is 3. The maximum Gasteiger partial charge on any atom is -0.0125 e. The fourth-order valence-electron chi connectivity index (χ4n) is 1.94. The molecule has 0 bridgehead atoms. The number of nitrogens with one attached hydrogen (secondary N) is 1. The van der Waals surface area contributed by atoms with Crippen LogP contribution in [0.2, 0.25) is 0 Å². The highest BCUT2D eigenvalue weighted by Crippen LogP contribution is 2.38. The molecule has 1 aliphatic rings. The lowest BCUT2D eigenvalue weighted by atomic mass is 10.0. The highest BCUT2D eigenvalue weighted by atomic mass is 31.1. The van der Waals surface area contributed by atoms with Crippen LogP contribution in [0.3, 0.4) is 0 Å². The van der Waals surface area contributed by atoms with Crippen LogP contribution in [-0.4, -0.2) is 19.9 Å². The Bertz CT molecular complexity index is 116. The van der Waals surface area contributed by atoms with Gasteiger partial charge in [-0.25, -0.2) is 0 Å². The Kier molecular flexibility index (Phi) is 3.81. The minimum absolute atomic E-state index is 0.134. The zero-order chi connectivity index (χ0) is 8.27. The van der Waals surface area contributed by atoms with Gasteiger partial charge in [-0.15, -0.1) is 0 Å². The van der Waals surface area contributed by atoms with Crippen molar-refractivity contribution in [3.05, 3.63) is 0 Å². The van der Waals surface area contributed by atoms with E-state index in [0.29, 0.717) is 0 Å². The molecule has 0 aliphatic heterocycles. The van der Waals surface area contributed by atoms with Gasteiger partial charge in [-0.2, -0.15) is 0 Å². The Balaban J connectivity index is 2.24. The van der Waals surface area contributed by atoms with E-state index in [0.717, 1.165) is 11.8 Å². The second-order valence-electron chi connectivity index (χ2n) is 3.77. The van der Waals surface area contributed by atoms with Crippen LogP contribution in [0.1, 0.15) is 26.2 Å². The van der Waals surface area contributed by atoms with E-state index in [4.69, 9.17) is 0 Å². The smallest absolute Gasteiger partial charge is 0.0125 e. The number of hydrogen-bond donors (Lipinski definition) is 1. The minimum Gasteiger partial charge on any atom is -0.299 e. The number of hydrogen-bond acceptors (Lipinski definition) is 1. The third-order valence-electron chi connectivity index (χ3n) is 2.93. The van der Waals surface area contributed by atoms with Crippen LogP contribution in [0.4, 0.5) is 0 Å². The molecule has 2 unspecified atom stereocenters. The highest BCUT2D eigenvalue weighted by molar-refractivity contribution is 7.54. The van der Waals surface area contributed by atoms with E-state index in [1.54, 1.807) is 0 Å². The molecule has 0 aromatic carbocycles. The van der Waals surface area contributed by atoms with Crippen molar-refractivity contribution in [3.8, 4) is 0 Å². The van der Waals surface area contributed by atoms with E-state index in [9.17, 15) is 0 Å². The van der Waals surface area contributed by atoms with Crippen molar-refractivity contribution in [2.75, 3.05) is 19.9 Å². The minimum atomic E-state index is 0.134. The largest absolute Gasteiger partial charge is 0.299 e. The monoisotopic (exact) mass is 173 g/mol. The summed E-state index contributed by atoms with van der Waals surface area (Å²) in [5, 5.41) is 3.38. The standard InChI is InChI=1S/C9H20NP/c1-8-5-4-6-9(8)7-11(3)10-2/h8-10H,4-7H2,1-3H3/t8-,9?,11?/m0/s1. The van der Waals surface area contributed by atoms with Crippen LogP contribution in [0.25, 0.3) is 0 Å². The summed E-state index contributed by atoms with van der Waals surface area (Å²) in [6.45, 7) is 4.76. The molecular formula is C9H20NP. The maximum absolute atomic E-state index is 3.38. The molecule has 0 saturated heterocycles. The second kappa shape index (κ2) is 4.42. The summed E-state index contributed by atoms with van der Waals surface area (Å²) in [4.78, 5) is 0. The van der Waals surface area contributed by atoms with Crippen molar-refractivity contribution >= 4 is 8.07 Å². The van der Waals surface area contributed by atoms with Gasteiger partial charge in [0.2, 0.25) is 0 Å². The van der Waals surface area contributed by atoms with E-state index < -0.39 is 0 Å². The van der Waals surface area contributed by atoms with Crippen LogP contribution in [-0.2, 0) is 0 Å². The van der Waals surface area contributed by atoms with Crippen molar-refractivity contribution in [3.63, 3.8) is 0 Å². The van der Waals surface area contributed by atoms with Gasteiger partial charge in [0, 0.05) is 0 Å². The van der Waals surface area contributed by atoms with Gasteiger partial charge >= 0.3 is 0 Å². The topological polar surface area (TPSA) is 12.0 Å². The lowest BCUT2D eigenvalue weighted by Crippen LogP contribution is -2.12. The molecule has 66 valence electrons. The summed E-state index contributed by atoms with van der Waals surface area (Å²) in [5.41, 5.74) is 0. The molecule has 0 amide bonds. The fraction of sp³-hybridized carbons (Fsp3) is 1.00. The van der Waals surface area contributed by atoms with Crippen molar-refractivity contribution in [2.45, 2.75) is 26.2 Å². The summed E-state index contributed by atoms with van der Waals surface area (Å²) >= 11 is 0. The molecule has 1 N–H and O–H groups in total. The summed E-state index contributed by atoms with van der Waals surface area (Å²) in [7, 11) is 2.22. The Morgan fingerprint density at radius 2 is 2.18 bits per heavy atom. The van der Waals surface area contributed by atoms with Crippen LogP contribution in [0, 0.1) is 11.8 Å². The van der Waals surface area contributed by atoms with E-state index in [1.165, 1.54) is 25.4 Å². The fourth-order valence-corrected chi connectivity index (χ4v) is 3.37. The molecule has 0 aromatic rings. The van der Waals surface area contributed by atoms with Gasteiger partial charge in [0.05, 0.1) is 0 Å². The first-order valence-electron chi connectivity index (χ1n) is 4.62. The molecule has 1 nitrogen and oxygen atoms in total. The van der Waals surface area contributed by atoms with Crippen LogP contribution >= 0.6 is 8.07 Å². The van der Waals surface area contributed by atoms with Gasteiger partial charge in [-0.05, 0) is 46.2 Å². The molecule has 1 fully saturated rings. The van der Waals surface area contributed by atoms with Gasteiger partial charge in [0.25, 0.3) is 0 Å². The van der Waals surface area contributed by atoms with Gasteiger partial charge in [-0.1, -0.05) is 19.8 Å². The van der Waals surface area contributed by atoms with E-state index in [2.05, 4.69) is 25.7 Å². The summed E-state index contributed by atoms with van der Waals surface area (Å²) in [5.74, 6) is 2.02. The summed E-state index contributed by atoms with van der Waals surface area (Å²) in [6, 6.07) is 0. The lowest BCUT2D eigenvalue weighted by Gasteiger charge is -2.19. The van der Waals surface area contributed by atoms with Crippen molar-refractivity contribution in [1.82, 2.24) is 5.09 Å². The zero-order valence-corrected chi connectivity index (χ0v) is 8.82. The molecule has 2 heteroatoms. The summed E-state index contributed by atoms with van der Waals surface area (Å²) < 4.78 is 0. The van der Waals surface area contributed by atoms with Gasteiger partial charge in [0.15, 0.2) is 0 Å². The molecule has 11 heavy (non-hydrogen) atoms. The predicted molar refractivity (Wildman–Crippen MR) is 53.3 cm³/mol. The predicted octanol–water partition coefficient (Wildman–Crippen LogP) is 2.67. The highest BCUT2D eigenvalue weighted by Gasteiger charge is 2.24. The quantitative estimate of drug-likeness (QED) is 0.647. The van der Waals surface area contributed by atoms with Crippen molar-refractivity contribution < 1.29 is 0 Å². The zero-order valence-electron chi connectivity index (χ0n) is 7.93. The van der Waals surface area contributed by atoms with Crippen molar-refractivity contribution in [1.29, 1.82) is 0 Å². The molecular weight excluding hydrogens is 153 g/mol. The first-order valence-corrected chi connectivity index (χ1v) is 6.60. The average molecular weight is 173 g/mol. The molecule has 0 heterocycles. The van der Waals surface area contributed by atoms with Crippen LogP contribution in [0.5, 0.6) is 0 Å². The SMILES string of the molecule is CNP(C)CC1CCC[C@@H]1C.